The van der Waals surface area contributed by atoms with Crippen molar-refractivity contribution in [2.75, 3.05) is 26.8 Å². The van der Waals surface area contributed by atoms with E-state index in [9.17, 15) is 5.11 Å². The molecule has 3 heteroatoms. The summed E-state index contributed by atoms with van der Waals surface area (Å²) in [6.45, 7) is 6.97. The van der Waals surface area contributed by atoms with E-state index in [4.69, 9.17) is 4.74 Å². The zero-order valence-electron chi connectivity index (χ0n) is 11.7. The summed E-state index contributed by atoms with van der Waals surface area (Å²) in [5, 5.41) is 13.8. The molecule has 2 N–H and O–H groups in total. The second-order valence-corrected chi connectivity index (χ2v) is 6.30. The third-order valence-corrected chi connectivity index (χ3v) is 3.82. The summed E-state index contributed by atoms with van der Waals surface area (Å²) in [6.07, 6.45) is 6.59. The molecule has 102 valence electrons. The van der Waals surface area contributed by atoms with E-state index in [0.717, 1.165) is 39.0 Å². The van der Waals surface area contributed by atoms with Gasteiger partial charge in [-0.25, -0.2) is 0 Å². The first kappa shape index (κ1) is 14.9. The zero-order chi connectivity index (χ0) is 12.8. The quantitative estimate of drug-likeness (QED) is 0.721. The topological polar surface area (TPSA) is 41.5 Å². The predicted octanol–water partition coefficient (Wildman–Crippen LogP) is 2.33. The molecule has 1 saturated carbocycles. The summed E-state index contributed by atoms with van der Waals surface area (Å²) in [6, 6.07) is 0. The molecule has 0 bridgehead atoms. The van der Waals surface area contributed by atoms with Crippen molar-refractivity contribution in [3.05, 3.63) is 0 Å². The maximum Gasteiger partial charge on any atom is 0.0771 e. The van der Waals surface area contributed by atoms with Gasteiger partial charge in [-0.05, 0) is 24.7 Å². The average molecular weight is 243 g/mol. The van der Waals surface area contributed by atoms with E-state index in [1.54, 1.807) is 7.11 Å². The lowest BCUT2D eigenvalue weighted by Crippen LogP contribution is -2.44. The molecule has 0 aromatic carbocycles. The molecule has 17 heavy (non-hydrogen) atoms. The number of aliphatic hydroxyl groups is 1. The lowest BCUT2D eigenvalue weighted by molar-refractivity contribution is 0.00281. The number of hydrogen-bond donors (Lipinski definition) is 2. The molecule has 3 nitrogen and oxygen atoms in total. The van der Waals surface area contributed by atoms with Crippen LogP contribution in [0.15, 0.2) is 0 Å². The Bertz CT molecular complexity index is 210. The van der Waals surface area contributed by atoms with Crippen molar-refractivity contribution >= 4 is 0 Å². The molecule has 0 aromatic rings. The number of rotatable bonds is 7. The van der Waals surface area contributed by atoms with E-state index in [2.05, 4.69) is 19.2 Å². The SMILES string of the molecule is COCCC(C)(C)CNCC1(O)CCCCC1. The number of ether oxygens (including phenoxy) is 1. The van der Waals surface area contributed by atoms with Crippen molar-refractivity contribution in [3.8, 4) is 0 Å². The van der Waals surface area contributed by atoms with Gasteiger partial charge in [0, 0.05) is 26.8 Å². The van der Waals surface area contributed by atoms with Gasteiger partial charge in [0.15, 0.2) is 0 Å². The smallest absolute Gasteiger partial charge is 0.0771 e. The largest absolute Gasteiger partial charge is 0.389 e. The minimum absolute atomic E-state index is 0.237. The van der Waals surface area contributed by atoms with Gasteiger partial charge >= 0.3 is 0 Å². The van der Waals surface area contributed by atoms with Gasteiger partial charge in [-0.2, -0.15) is 0 Å². The van der Waals surface area contributed by atoms with Crippen molar-refractivity contribution in [1.82, 2.24) is 5.32 Å². The van der Waals surface area contributed by atoms with Crippen LogP contribution in [-0.4, -0.2) is 37.5 Å². The summed E-state index contributed by atoms with van der Waals surface area (Å²) < 4.78 is 5.12. The summed E-state index contributed by atoms with van der Waals surface area (Å²) in [4.78, 5) is 0. The van der Waals surface area contributed by atoms with Crippen LogP contribution in [0.2, 0.25) is 0 Å². The number of nitrogens with one attached hydrogen (secondary N) is 1. The van der Waals surface area contributed by atoms with Crippen molar-refractivity contribution in [3.63, 3.8) is 0 Å². The minimum Gasteiger partial charge on any atom is -0.389 e. The molecular formula is C14H29NO2. The molecule has 0 heterocycles. The Labute approximate surface area is 106 Å². The van der Waals surface area contributed by atoms with Gasteiger partial charge in [-0.3, -0.25) is 0 Å². The highest BCUT2D eigenvalue weighted by Gasteiger charge is 2.29. The van der Waals surface area contributed by atoms with E-state index < -0.39 is 5.60 Å². The molecule has 0 unspecified atom stereocenters. The summed E-state index contributed by atoms with van der Waals surface area (Å²) >= 11 is 0. The van der Waals surface area contributed by atoms with Gasteiger partial charge < -0.3 is 15.2 Å². The molecule has 0 aliphatic heterocycles. The molecular weight excluding hydrogens is 214 g/mol. The first-order valence-electron chi connectivity index (χ1n) is 6.90. The van der Waals surface area contributed by atoms with Crippen LogP contribution in [0.1, 0.15) is 52.4 Å². The van der Waals surface area contributed by atoms with Gasteiger partial charge in [0.05, 0.1) is 5.60 Å². The van der Waals surface area contributed by atoms with Gasteiger partial charge in [-0.1, -0.05) is 33.1 Å². The lowest BCUT2D eigenvalue weighted by Gasteiger charge is -2.34. The van der Waals surface area contributed by atoms with Crippen LogP contribution in [0, 0.1) is 5.41 Å². The van der Waals surface area contributed by atoms with E-state index >= 15 is 0 Å². The molecule has 0 saturated heterocycles. The first-order chi connectivity index (χ1) is 7.97. The van der Waals surface area contributed by atoms with Gasteiger partial charge in [0.1, 0.15) is 0 Å². The highest BCUT2D eigenvalue weighted by Crippen LogP contribution is 2.27. The van der Waals surface area contributed by atoms with Gasteiger partial charge in [0.2, 0.25) is 0 Å². The molecule has 0 spiro atoms. The fourth-order valence-corrected chi connectivity index (χ4v) is 2.49. The maximum absolute atomic E-state index is 10.4. The zero-order valence-corrected chi connectivity index (χ0v) is 11.7. The van der Waals surface area contributed by atoms with E-state index in [1.165, 1.54) is 19.3 Å². The molecule has 0 atom stereocenters. The Morgan fingerprint density at radius 1 is 1.24 bits per heavy atom. The third-order valence-electron chi connectivity index (χ3n) is 3.82. The van der Waals surface area contributed by atoms with Crippen LogP contribution in [0.5, 0.6) is 0 Å². The maximum atomic E-state index is 10.4. The Kier molecular flexibility index (Phi) is 5.90. The number of methoxy groups -OCH3 is 1. The van der Waals surface area contributed by atoms with Crippen LogP contribution in [0.3, 0.4) is 0 Å². The van der Waals surface area contributed by atoms with Crippen molar-refractivity contribution in [2.24, 2.45) is 5.41 Å². The molecule has 0 radical (unpaired) electrons. The van der Waals surface area contributed by atoms with Crippen LogP contribution in [0.25, 0.3) is 0 Å². The highest BCUT2D eigenvalue weighted by molar-refractivity contribution is 4.85. The molecule has 1 rings (SSSR count). The minimum atomic E-state index is -0.449. The van der Waals surface area contributed by atoms with Crippen LogP contribution in [0.4, 0.5) is 0 Å². The molecule has 0 aromatic heterocycles. The Balaban J connectivity index is 2.21. The Hall–Kier alpha value is -0.120. The van der Waals surface area contributed by atoms with Crippen molar-refractivity contribution < 1.29 is 9.84 Å². The predicted molar refractivity (Wildman–Crippen MR) is 71.2 cm³/mol. The van der Waals surface area contributed by atoms with E-state index in [-0.39, 0.29) is 5.41 Å². The summed E-state index contributed by atoms with van der Waals surface area (Å²) in [7, 11) is 1.74. The van der Waals surface area contributed by atoms with E-state index in [0.29, 0.717) is 0 Å². The highest BCUT2D eigenvalue weighted by atomic mass is 16.5. The summed E-state index contributed by atoms with van der Waals surface area (Å²) in [5.74, 6) is 0. The lowest BCUT2D eigenvalue weighted by atomic mass is 9.84. The van der Waals surface area contributed by atoms with Gasteiger partial charge in [0.25, 0.3) is 0 Å². The van der Waals surface area contributed by atoms with Crippen molar-refractivity contribution in [1.29, 1.82) is 0 Å². The second-order valence-electron chi connectivity index (χ2n) is 6.30. The average Bonchev–Trinajstić information content (AvgIpc) is 2.27. The van der Waals surface area contributed by atoms with Gasteiger partial charge in [-0.15, -0.1) is 0 Å². The Morgan fingerprint density at radius 2 is 1.88 bits per heavy atom. The molecule has 1 aliphatic carbocycles. The van der Waals surface area contributed by atoms with Crippen LogP contribution >= 0.6 is 0 Å². The van der Waals surface area contributed by atoms with Crippen LogP contribution in [-0.2, 0) is 4.74 Å². The first-order valence-corrected chi connectivity index (χ1v) is 6.90. The third kappa shape index (κ3) is 5.84. The summed E-state index contributed by atoms with van der Waals surface area (Å²) in [5.41, 5.74) is -0.212. The molecule has 0 amide bonds. The normalized spacial score (nSPS) is 20.5. The van der Waals surface area contributed by atoms with Crippen LogP contribution < -0.4 is 5.32 Å². The molecule has 1 aliphatic rings. The van der Waals surface area contributed by atoms with Crippen molar-refractivity contribution in [2.45, 2.75) is 58.0 Å². The Morgan fingerprint density at radius 3 is 2.47 bits per heavy atom. The number of hydrogen-bond acceptors (Lipinski definition) is 3. The standard InChI is InChI=1S/C14H29NO2/c1-13(2,9-10-17-3)11-15-12-14(16)7-5-4-6-8-14/h15-16H,4-12H2,1-3H3. The monoisotopic (exact) mass is 243 g/mol. The fourth-order valence-electron chi connectivity index (χ4n) is 2.49. The van der Waals surface area contributed by atoms with E-state index in [1.807, 2.05) is 0 Å². The fraction of sp³-hybridized carbons (Fsp3) is 1.00. The molecule has 1 fully saturated rings. The second kappa shape index (κ2) is 6.72.